The molecule has 0 spiro atoms. The number of nitrogens with zero attached hydrogens (tertiary/aromatic N) is 1. The van der Waals surface area contributed by atoms with Gasteiger partial charge in [-0.05, 0) is 23.6 Å². The third kappa shape index (κ3) is 5.10. The number of benzene rings is 2. The lowest BCUT2D eigenvalue weighted by Crippen LogP contribution is -2.31. The summed E-state index contributed by atoms with van der Waals surface area (Å²) in [5.74, 6) is 0.396. The predicted octanol–water partition coefficient (Wildman–Crippen LogP) is 2.89. The Bertz CT molecular complexity index is 656. The number of nitro benzene ring substituents is 1. The molecule has 0 aromatic heterocycles. The molecule has 0 radical (unpaired) electrons. The van der Waals surface area contributed by atoms with Gasteiger partial charge in [0, 0.05) is 18.7 Å². The van der Waals surface area contributed by atoms with Crippen molar-refractivity contribution < 1.29 is 14.5 Å². The van der Waals surface area contributed by atoms with Crippen molar-refractivity contribution in [2.75, 3.05) is 13.2 Å². The first-order valence-corrected chi connectivity index (χ1v) is 7.25. The summed E-state index contributed by atoms with van der Waals surface area (Å²) in [7, 11) is 0. The third-order valence-corrected chi connectivity index (χ3v) is 3.39. The maximum absolute atomic E-state index is 11.8. The van der Waals surface area contributed by atoms with Crippen LogP contribution >= 0.6 is 0 Å². The zero-order valence-corrected chi connectivity index (χ0v) is 12.8. The van der Waals surface area contributed by atoms with E-state index in [1.807, 2.05) is 37.3 Å². The summed E-state index contributed by atoms with van der Waals surface area (Å²) in [4.78, 5) is 21.8. The van der Waals surface area contributed by atoms with Gasteiger partial charge >= 0.3 is 0 Å². The number of carbonyl (C=O) groups is 1. The molecule has 0 saturated heterocycles. The van der Waals surface area contributed by atoms with Crippen LogP contribution in [0.25, 0.3) is 0 Å². The summed E-state index contributed by atoms with van der Waals surface area (Å²) in [6.07, 6.45) is 0. The molecular weight excluding hydrogens is 296 g/mol. The molecule has 6 heteroatoms. The Labute approximate surface area is 134 Å². The van der Waals surface area contributed by atoms with E-state index in [1.54, 1.807) is 0 Å². The molecule has 120 valence electrons. The number of nitrogens with one attached hydrogen (secondary N) is 1. The van der Waals surface area contributed by atoms with Crippen LogP contribution in [0.2, 0.25) is 0 Å². The van der Waals surface area contributed by atoms with E-state index >= 15 is 0 Å². The highest BCUT2D eigenvalue weighted by molar-refractivity contribution is 5.77. The summed E-state index contributed by atoms with van der Waals surface area (Å²) < 4.78 is 5.31. The number of non-ortho nitro benzene ring substituents is 1. The second kappa shape index (κ2) is 7.93. The van der Waals surface area contributed by atoms with E-state index < -0.39 is 4.92 Å². The van der Waals surface area contributed by atoms with Gasteiger partial charge in [0.05, 0.1) is 4.92 Å². The number of nitro groups is 1. The summed E-state index contributed by atoms with van der Waals surface area (Å²) in [5.41, 5.74) is 1.14. The van der Waals surface area contributed by atoms with E-state index in [-0.39, 0.29) is 24.1 Å². The van der Waals surface area contributed by atoms with Crippen molar-refractivity contribution in [2.45, 2.75) is 12.8 Å². The van der Waals surface area contributed by atoms with Gasteiger partial charge in [-0.2, -0.15) is 0 Å². The lowest BCUT2D eigenvalue weighted by molar-refractivity contribution is -0.384. The van der Waals surface area contributed by atoms with Crippen molar-refractivity contribution in [2.24, 2.45) is 0 Å². The molecule has 23 heavy (non-hydrogen) atoms. The Morgan fingerprint density at radius 2 is 1.83 bits per heavy atom. The summed E-state index contributed by atoms with van der Waals surface area (Å²) in [5, 5.41) is 13.4. The van der Waals surface area contributed by atoms with Gasteiger partial charge in [-0.3, -0.25) is 14.9 Å². The van der Waals surface area contributed by atoms with Gasteiger partial charge < -0.3 is 10.1 Å². The van der Waals surface area contributed by atoms with Crippen LogP contribution in [0.4, 0.5) is 5.69 Å². The summed E-state index contributed by atoms with van der Waals surface area (Å²) >= 11 is 0. The van der Waals surface area contributed by atoms with Crippen LogP contribution in [0, 0.1) is 10.1 Å². The van der Waals surface area contributed by atoms with Crippen molar-refractivity contribution in [3.8, 4) is 5.75 Å². The number of rotatable bonds is 7. The number of ether oxygens (including phenoxy) is 1. The van der Waals surface area contributed by atoms with Crippen molar-refractivity contribution in [1.82, 2.24) is 5.32 Å². The predicted molar refractivity (Wildman–Crippen MR) is 86.5 cm³/mol. The highest BCUT2D eigenvalue weighted by atomic mass is 16.6. The van der Waals surface area contributed by atoms with Crippen LogP contribution in [-0.2, 0) is 4.79 Å². The molecule has 0 aliphatic rings. The Balaban J connectivity index is 1.75. The molecule has 2 aromatic carbocycles. The Kier molecular flexibility index (Phi) is 5.68. The Morgan fingerprint density at radius 3 is 2.43 bits per heavy atom. The molecule has 2 rings (SSSR count). The summed E-state index contributed by atoms with van der Waals surface area (Å²) in [6.45, 7) is 2.43. The molecule has 2 aromatic rings. The van der Waals surface area contributed by atoms with Gasteiger partial charge in [-0.1, -0.05) is 37.3 Å². The van der Waals surface area contributed by atoms with Crippen LogP contribution in [0.5, 0.6) is 5.75 Å². The first-order chi connectivity index (χ1) is 11.1. The monoisotopic (exact) mass is 314 g/mol. The fourth-order valence-electron chi connectivity index (χ4n) is 2.03. The van der Waals surface area contributed by atoms with E-state index in [1.165, 1.54) is 24.3 Å². The number of amides is 1. The second-order valence-corrected chi connectivity index (χ2v) is 5.16. The molecule has 0 heterocycles. The van der Waals surface area contributed by atoms with Crippen molar-refractivity contribution in [3.05, 3.63) is 70.3 Å². The van der Waals surface area contributed by atoms with Crippen LogP contribution in [0.15, 0.2) is 54.6 Å². The molecule has 0 fully saturated rings. The molecule has 0 unspecified atom stereocenters. The molecule has 1 amide bonds. The van der Waals surface area contributed by atoms with Crippen molar-refractivity contribution in [3.63, 3.8) is 0 Å². The highest BCUT2D eigenvalue weighted by Gasteiger charge is 2.09. The lowest BCUT2D eigenvalue weighted by Gasteiger charge is -2.13. The standard InChI is InChI=1S/C17H18N2O4/c1-13(14-5-3-2-4-6-14)11-18-17(20)12-23-16-9-7-15(8-10-16)19(21)22/h2-10,13H,11-12H2,1H3,(H,18,20)/t13-/m0/s1. The van der Waals surface area contributed by atoms with Crippen LogP contribution < -0.4 is 10.1 Å². The normalized spacial score (nSPS) is 11.5. The average molecular weight is 314 g/mol. The Morgan fingerprint density at radius 1 is 1.17 bits per heavy atom. The van der Waals surface area contributed by atoms with E-state index in [4.69, 9.17) is 4.74 Å². The maximum atomic E-state index is 11.8. The smallest absolute Gasteiger partial charge is 0.269 e. The minimum absolute atomic E-state index is 0.0153. The zero-order valence-electron chi connectivity index (χ0n) is 12.8. The topological polar surface area (TPSA) is 81.5 Å². The van der Waals surface area contributed by atoms with Gasteiger partial charge in [0.15, 0.2) is 6.61 Å². The molecule has 1 N–H and O–H groups in total. The van der Waals surface area contributed by atoms with Crippen LogP contribution in [-0.4, -0.2) is 24.0 Å². The summed E-state index contributed by atoms with van der Waals surface area (Å²) in [6, 6.07) is 15.5. The minimum Gasteiger partial charge on any atom is -0.484 e. The largest absolute Gasteiger partial charge is 0.484 e. The molecule has 0 saturated carbocycles. The number of carbonyl (C=O) groups excluding carboxylic acids is 1. The van der Waals surface area contributed by atoms with Gasteiger partial charge in [0.25, 0.3) is 11.6 Å². The molecular formula is C17H18N2O4. The zero-order chi connectivity index (χ0) is 16.7. The van der Waals surface area contributed by atoms with Crippen LogP contribution in [0.1, 0.15) is 18.4 Å². The second-order valence-electron chi connectivity index (χ2n) is 5.16. The van der Waals surface area contributed by atoms with Gasteiger partial charge in [-0.25, -0.2) is 0 Å². The number of hydrogen-bond donors (Lipinski definition) is 1. The third-order valence-electron chi connectivity index (χ3n) is 3.39. The lowest BCUT2D eigenvalue weighted by atomic mass is 10.0. The minimum atomic E-state index is -0.485. The fourth-order valence-corrected chi connectivity index (χ4v) is 2.03. The molecule has 1 atom stereocenters. The van der Waals surface area contributed by atoms with Gasteiger partial charge in [0.1, 0.15) is 5.75 Å². The first kappa shape index (κ1) is 16.5. The van der Waals surface area contributed by atoms with E-state index in [0.29, 0.717) is 12.3 Å². The highest BCUT2D eigenvalue weighted by Crippen LogP contribution is 2.17. The quantitative estimate of drug-likeness (QED) is 0.629. The maximum Gasteiger partial charge on any atom is 0.269 e. The fraction of sp³-hybridized carbons (Fsp3) is 0.235. The molecule has 0 bridgehead atoms. The van der Waals surface area contributed by atoms with Crippen molar-refractivity contribution in [1.29, 1.82) is 0 Å². The van der Waals surface area contributed by atoms with Crippen LogP contribution in [0.3, 0.4) is 0 Å². The average Bonchev–Trinajstić information content (AvgIpc) is 2.59. The van der Waals surface area contributed by atoms with E-state index in [2.05, 4.69) is 5.32 Å². The molecule has 0 aliphatic carbocycles. The first-order valence-electron chi connectivity index (χ1n) is 7.25. The van der Waals surface area contributed by atoms with Gasteiger partial charge in [0.2, 0.25) is 0 Å². The molecule has 0 aliphatic heterocycles. The molecule has 6 nitrogen and oxygen atoms in total. The number of hydrogen-bond acceptors (Lipinski definition) is 4. The van der Waals surface area contributed by atoms with E-state index in [0.717, 1.165) is 5.56 Å². The van der Waals surface area contributed by atoms with Gasteiger partial charge in [-0.15, -0.1) is 0 Å². The SMILES string of the molecule is C[C@@H](CNC(=O)COc1ccc([N+](=O)[O-])cc1)c1ccccc1. The van der Waals surface area contributed by atoms with Crippen molar-refractivity contribution >= 4 is 11.6 Å². The van der Waals surface area contributed by atoms with E-state index in [9.17, 15) is 14.9 Å². The Hall–Kier alpha value is -2.89.